The first-order valence-corrected chi connectivity index (χ1v) is 7.71. The number of benzene rings is 1. The zero-order valence-corrected chi connectivity index (χ0v) is 12.4. The number of para-hydroxylation sites is 1. The topological polar surface area (TPSA) is 46.6 Å². The van der Waals surface area contributed by atoms with Crippen LogP contribution in [0.3, 0.4) is 0 Å². The highest BCUT2D eigenvalue weighted by Crippen LogP contribution is 2.42. The van der Waals surface area contributed by atoms with Crippen molar-refractivity contribution >= 4 is 17.6 Å². The van der Waals surface area contributed by atoms with E-state index in [1.807, 2.05) is 29.2 Å². The summed E-state index contributed by atoms with van der Waals surface area (Å²) < 4.78 is 4.75. The van der Waals surface area contributed by atoms with Gasteiger partial charge in [0.1, 0.15) is 0 Å². The summed E-state index contributed by atoms with van der Waals surface area (Å²) in [6.07, 6.45) is 5.87. The summed E-state index contributed by atoms with van der Waals surface area (Å²) >= 11 is 0. The molecule has 0 spiro atoms. The monoisotopic (exact) mass is 287 g/mol. The molecule has 3 rings (SSSR count). The molecule has 21 heavy (non-hydrogen) atoms. The van der Waals surface area contributed by atoms with E-state index in [0.29, 0.717) is 0 Å². The van der Waals surface area contributed by atoms with Crippen LogP contribution >= 0.6 is 0 Å². The van der Waals surface area contributed by atoms with E-state index in [1.165, 1.54) is 26.4 Å². The summed E-state index contributed by atoms with van der Waals surface area (Å²) in [7, 11) is 1.37. The summed E-state index contributed by atoms with van der Waals surface area (Å²) in [6, 6.07) is 8.14. The van der Waals surface area contributed by atoms with Gasteiger partial charge in [0.2, 0.25) is 5.91 Å². The van der Waals surface area contributed by atoms with Gasteiger partial charge < -0.3 is 9.64 Å². The first-order valence-electron chi connectivity index (χ1n) is 7.71. The lowest BCUT2D eigenvalue weighted by atomic mass is 9.94. The second-order valence-electron chi connectivity index (χ2n) is 5.89. The van der Waals surface area contributed by atoms with Crippen LogP contribution in [0.15, 0.2) is 24.3 Å². The van der Waals surface area contributed by atoms with Crippen molar-refractivity contribution in [3.05, 3.63) is 29.8 Å². The highest BCUT2D eigenvalue weighted by molar-refractivity contribution is 6.06. The number of hydrogen-bond donors (Lipinski definition) is 0. The number of ether oxygens (including phenoxy) is 1. The van der Waals surface area contributed by atoms with Crippen molar-refractivity contribution in [1.29, 1.82) is 0 Å². The second-order valence-corrected chi connectivity index (χ2v) is 5.89. The van der Waals surface area contributed by atoms with Crippen molar-refractivity contribution in [1.82, 2.24) is 0 Å². The van der Waals surface area contributed by atoms with Crippen LogP contribution in [0.5, 0.6) is 0 Å². The van der Waals surface area contributed by atoms with Gasteiger partial charge in [0.25, 0.3) is 0 Å². The average molecular weight is 287 g/mol. The molecule has 1 aromatic carbocycles. The van der Waals surface area contributed by atoms with Gasteiger partial charge in [0, 0.05) is 11.7 Å². The standard InChI is InChI=1S/C17H21NO3/c1-21-16(19)11-14-13-9-5-6-10-15(13)18(17(14)20)12-7-3-2-4-8-12/h5-6,9-10,12,14H,2-4,7-8,11H2,1H3. The van der Waals surface area contributed by atoms with Crippen LogP contribution in [0.25, 0.3) is 0 Å². The molecule has 1 saturated carbocycles. The molecule has 0 saturated heterocycles. The number of carbonyl (C=O) groups excluding carboxylic acids is 2. The van der Waals surface area contributed by atoms with Gasteiger partial charge in [-0.15, -0.1) is 0 Å². The Labute approximate surface area is 125 Å². The Morgan fingerprint density at radius 2 is 1.95 bits per heavy atom. The maximum absolute atomic E-state index is 12.8. The maximum atomic E-state index is 12.8. The largest absolute Gasteiger partial charge is 0.469 e. The van der Waals surface area contributed by atoms with E-state index in [4.69, 9.17) is 4.74 Å². The number of rotatable bonds is 3. The third kappa shape index (κ3) is 2.55. The normalized spacial score (nSPS) is 22.2. The number of carbonyl (C=O) groups is 2. The summed E-state index contributed by atoms with van der Waals surface area (Å²) in [5.74, 6) is -0.641. The van der Waals surface area contributed by atoms with Gasteiger partial charge in [0.15, 0.2) is 0 Å². The number of fused-ring (bicyclic) bond motifs is 1. The molecular formula is C17H21NO3. The van der Waals surface area contributed by atoms with Crippen LogP contribution in [0.4, 0.5) is 5.69 Å². The SMILES string of the molecule is COC(=O)CC1C(=O)N(C2CCCCC2)c2ccccc21. The highest BCUT2D eigenvalue weighted by atomic mass is 16.5. The molecule has 1 atom stereocenters. The zero-order chi connectivity index (χ0) is 14.8. The third-order valence-electron chi connectivity index (χ3n) is 4.65. The molecule has 1 heterocycles. The van der Waals surface area contributed by atoms with Gasteiger partial charge in [-0.3, -0.25) is 9.59 Å². The van der Waals surface area contributed by atoms with E-state index in [2.05, 4.69) is 0 Å². The molecule has 112 valence electrons. The highest BCUT2D eigenvalue weighted by Gasteiger charge is 2.41. The molecule has 4 nitrogen and oxygen atoms in total. The quantitative estimate of drug-likeness (QED) is 0.803. The first kappa shape index (κ1) is 14.1. The predicted molar refractivity (Wildman–Crippen MR) is 80.2 cm³/mol. The van der Waals surface area contributed by atoms with Crippen molar-refractivity contribution in [2.45, 2.75) is 50.5 Å². The van der Waals surface area contributed by atoms with Crippen LogP contribution in [-0.2, 0) is 14.3 Å². The lowest BCUT2D eigenvalue weighted by Crippen LogP contribution is -2.40. The number of nitrogens with zero attached hydrogens (tertiary/aromatic N) is 1. The Bertz CT molecular complexity index is 549. The van der Waals surface area contributed by atoms with Gasteiger partial charge in [-0.05, 0) is 24.5 Å². The molecule has 1 unspecified atom stereocenters. The molecule has 1 aliphatic heterocycles. The number of hydrogen-bond acceptors (Lipinski definition) is 3. The van der Waals surface area contributed by atoms with Crippen molar-refractivity contribution in [2.24, 2.45) is 0 Å². The molecule has 1 amide bonds. The van der Waals surface area contributed by atoms with E-state index >= 15 is 0 Å². The summed E-state index contributed by atoms with van der Waals surface area (Å²) in [5, 5.41) is 0. The third-order valence-corrected chi connectivity index (χ3v) is 4.65. The van der Waals surface area contributed by atoms with Crippen LogP contribution in [-0.4, -0.2) is 25.0 Å². The summed E-state index contributed by atoms with van der Waals surface area (Å²) in [6.45, 7) is 0. The van der Waals surface area contributed by atoms with Gasteiger partial charge in [-0.1, -0.05) is 37.5 Å². The minimum absolute atomic E-state index is 0.0634. The van der Waals surface area contributed by atoms with Crippen LogP contribution in [0.1, 0.15) is 50.0 Å². The Morgan fingerprint density at radius 1 is 1.24 bits per heavy atom. The zero-order valence-electron chi connectivity index (χ0n) is 12.4. The Kier molecular flexibility index (Phi) is 3.95. The Balaban J connectivity index is 1.91. The average Bonchev–Trinajstić information content (AvgIpc) is 2.80. The number of methoxy groups -OCH3 is 1. The fourth-order valence-electron chi connectivity index (χ4n) is 3.58. The van der Waals surface area contributed by atoms with Gasteiger partial charge in [-0.2, -0.15) is 0 Å². The lowest BCUT2D eigenvalue weighted by molar-refractivity contribution is -0.142. The molecule has 0 aromatic heterocycles. The van der Waals surface area contributed by atoms with Gasteiger partial charge >= 0.3 is 5.97 Å². The molecule has 0 radical (unpaired) electrons. The molecule has 0 N–H and O–H groups in total. The fourth-order valence-corrected chi connectivity index (χ4v) is 3.58. The number of anilines is 1. The van der Waals surface area contributed by atoms with E-state index in [9.17, 15) is 9.59 Å². The van der Waals surface area contributed by atoms with Crippen molar-refractivity contribution < 1.29 is 14.3 Å². The number of amides is 1. The Morgan fingerprint density at radius 3 is 2.67 bits per heavy atom. The van der Waals surface area contributed by atoms with Crippen molar-refractivity contribution in [2.75, 3.05) is 12.0 Å². The molecule has 1 aromatic rings. The number of esters is 1. The molecule has 0 bridgehead atoms. The molecule has 4 heteroatoms. The van der Waals surface area contributed by atoms with Crippen LogP contribution in [0, 0.1) is 0 Å². The van der Waals surface area contributed by atoms with Crippen LogP contribution in [0.2, 0.25) is 0 Å². The van der Waals surface area contributed by atoms with Gasteiger partial charge in [0.05, 0.1) is 19.4 Å². The van der Waals surface area contributed by atoms with E-state index in [0.717, 1.165) is 24.1 Å². The Hall–Kier alpha value is -1.84. The molecule has 1 fully saturated rings. The van der Waals surface area contributed by atoms with E-state index in [-0.39, 0.29) is 30.3 Å². The fraction of sp³-hybridized carbons (Fsp3) is 0.529. The second kappa shape index (κ2) is 5.88. The summed E-state index contributed by atoms with van der Waals surface area (Å²) in [5.41, 5.74) is 1.96. The van der Waals surface area contributed by atoms with Gasteiger partial charge in [-0.25, -0.2) is 0 Å². The van der Waals surface area contributed by atoms with Crippen molar-refractivity contribution in [3.63, 3.8) is 0 Å². The minimum Gasteiger partial charge on any atom is -0.469 e. The lowest BCUT2D eigenvalue weighted by Gasteiger charge is -2.32. The van der Waals surface area contributed by atoms with Crippen LogP contribution < -0.4 is 4.90 Å². The first-order chi connectivity index (χ1) is 10.2. The molecule has 2 aliphatic rings. The van der Waals surface area contributed by atoms with Crippen molar-refractivity contribution in [3.8, 4) is 0 Å². The maximum Gasteiger partial charge on any atom is 0.306 e. The smallest absolute Gasteiger partial charge is 0.306 e. The predicted octanol–water partition coefficient (Wildman–Crippen LogP) is 3.01. The minimum atomic E-state index is -0.379. The van der Waals surface area contributed by atoms with E-state index in [1.54, 1.807) is 0 Å². The molecular weight excluding hydrogens is 266 g/mol. The van der Waals surface area contributed by atoms with E-state index < -0.39 is 0 Å². The summed E-state index contributed by atoms with van der Waals surface area (Å²) in [4.78, 5) is 26.4. The molecule has 1 aliphatic carbocycles.